The van der Waals surface area contributed by atoms with Gasteiger partial charge >= 0.3 is 0 Å². The molecule has 2 aromatic rings. The number of carbonyl (C=O) groups is 1. The van der Waals surface area contributed by atoms with Crippen LogP contribution in [0.15, 0.2) is 48.5 Å². The maximum atomic E-state index is 13.4. The van der Waals surface area contributed by atoms with Crippen molar-refractivity contribution in [1.82, 2.24) is 4.90 Å². The number of rotatable bonds is 5. The number of amides is 1. The molecule has 0 unspecified atom stereocenters. The van der Waals surface area contributed by atoms with Gasteiger partial charge in [0.2, 0.25) is 10.0 Å². The monoisotopic (exact) mass is 468 g/mol. The number of carbonyl (C=O) groups excluding carboxylic acids is 1. The van der Waals surface area contributed by atoms with E-state index < -0.39 is 10.0 Å². The van der Waals surface area contributed by atoms with Crippen molar-refractivity contribution in [1.29, 1.82) is 0 Å². The summed E-state index contributed by atoms with van der Waals surface area (Å²) in [6.45, 7) is 2.06. The van der Waals surface area contributed by atoms with Crippen molar-refractivity contribution in [2.45, 2.75) is 32.1 Å². The summed E-state index contributed by atoms with van der Waals surface area (Å²) in [5.74, 6) is 2.72. The maximum absolute atomic E-state index is 13.4. The van der Waals surface area contributed by atoms with E-state index in [1.54, 1.807) is 25.3 Å². The van der Waals surface area contributed by atoms with Crippen LogP contribution >= 0.6 is 0 Å². The second-order valence-corrected chi connectivity index (χ2v) is 11.7. The van der Waals surface area contributed by atoms with Gasteiger partial charge in [-0.05, 0) is 85.8 Å². The molecule has 1 saturated carbocycles. The van der Waals surface area contributed by atoms with Crippen LogP contribution in [0, 0.1) is 17.8 Å². The Morgan fingerprint density at radius 2 is 1.91 bits per heavy atom. The third-order valence-corrected chi connectivity index (χ3v) is 9.52. The van der Waals surface area contributed by atoms with Crippen LogP contribution in [0.1, 0.15) is 41.6 Å². The fourth-order valence-electron chi connectivity index (χ4n) is 5.96. The van der Waals surface area contributed by atoms with Gasteiger partial charge in [-0.3, -0.25) is 9.10 Å². The number of ether oxygens (including phenoxy) is 1. The molecule has 1 amide bonds. The first-order chi connectivity index (χ1) is 15.9. The van der Waals surface area contributed by atoms with Crippen LogP contribution in [0.4, 0.5) is 5.69 Å². The first kappa shape index (κ1) is 22.3. The van der Waals surface area contributed by atoms with Crippen LogP contribution < -0.4 is 9.04 Å². The van der Waals surface area contributed by atoms with Gasteiger partial charge in [0.25, 0.3) is 5.91 Å². The van der Waals surface area contributed by atoms with Gasteiger partial charge < -0.3 is 9.64 Å². The Morgan fingerprint density at radius 3 is 2.73 bits per heavy atom. The van der Waals surface area contributed by atoms with E-state index in [1.165, 1.54) is 16.3 Å². The molecule has 0 radical (unpaired) electrons. The molecule has 33 heavy (non-hydrogen) atoms. The van der Waals surface area contributed by atoms with Crippen LogP contribution in [-0.4, -0.2) is 51.7 Å². The molecule has 5 rings (SSSR count). The number of methoxy groups -OCH3 is 1. The zero-order valence-electron chi connectivity index (χ0n) is 19.2. The molecule has 1 aliphatic carbocycles. The van der Waals surface area contributed by atoms with Crippen molar-refractivity contribution in [3.05, 3.63) is 59.7 Å². The quantitative estimate of drug-likeness (QED) is 0.666. The summed E-state index contributed by atoms with van der Waals surface area (Å²) in [6.07, 6.45) is 4.93. The van der Waals surface area contributed by atoms with E-state index in [2.05, 4.69) is 12.1 Å². The number of likely N-dealkylation sites (tertiary alicyclic amines) is 1. The number of nitrogens with zero attached hydrogens (tertiary/aromatic N) is 2. The highest BCUT2D eigenvalue weighted by atomic mass is 32.2. The van der Waals surface area contributed by atoms with Crippen LogP contribution in [0.3, 0.4) is 0 Å². The molecule has 2 heterocycles. The van der Waals surface area contributed by atoms with E-state index >= 15 is 0 Å². The summed E-state index contributed by atoms with van der Waals surface area (Å²) in [6, 6.07) is 15.5. The summed E-state index contributed by atoms with van der Waals surface area (Å²) < 4.78 is 31.8. The van der Waals surface area contributed by atoms with Crippen molar-refractivity contribution in [3.63, 3.8) is 0 Å². The lowest BCUT2D eigenvalue weighted by Crippen LogP contribution is -2.38. The van der Waals surface area contributed by atoms with Crippen molar-refractivity contribution < 1.29 is 17.9 Å². The molecular weight excluding hydrogens is 436 g/mol. The van der Waals surface area contributed by atoms with Gasteiger partial charge in [0, 0.05) is 25.2 Å². The van der Waals surface area contributed by atoms with E-state index in [-0.39, 0.29) is 11.7 Å². The Bertz CT molecular complexity index is 1130. The summed E-state index contributed by atoms with van der Waals surface area (Å²) in [5.41, 5.74) is 2.48. The number of hydrogen-bond donors (Lipinski definition) is 0. The molecule has 7 heteroatoms. The third kappa shape index (κ3) is 4.47. The fraction of sp³-hybridized carbons (Fsp3) is 0.500. The standard InChI is InChI=1S/C26H32N2O4S/c1-32-24-9-4-6-19(15-24)14-20-10-11-22-17-27(18-25(20)22)26(29)21-7-5-8-23(16-21)28-12-2-3-13-33(28,30)31/h4-9,15-16,20,22,25H,2-3,10-14,17-18H2,1H3/t20-,22-,25-/m1/s1. The van der Waals surface area contributed by atoms with Gasteiger partial charge in [-0.25, -0.2) is 8.42 Å². The molecule has 6 nitrogen and oxygen atoms in total. The average molecular weight is 469 g/mol. The van der Waals surface area contributed by atoms with Gasteiger partial charge in [-0.2, -0.15) is 0 Å². The normalized spacial score (nSPS) is 26.3. The molecule has 3 fully saturated rings. The predicted molar refractivity (Wildman–Crippen MR) is 129 cm³/mol. The predicted octanol–water partition coefficient (Wildman–Crippen LogP) is 3.97. The first-order valence-corrected chi connectivity index (χ1v) is 13.6. The van der Waals surface area contributed by atoms with Gasteiger partial charge in [-0.1, -0.05) is 18.2 Å². The van der Waals surface area contributed by atoms with E-state index in [1.807, 2.05) is 23.1 Å². The van der Waals surface area contributed by atoms with E-state index in [0.29, 0.717) is 42.0 Å². The molecule has 0 N–H and O–H groups in total. The number of hydrogen-bond acceptors (Lipinski definition) is 4. The number of fused-ring (bicyclic) bond motifs is 1. The Kier molecular flexibility index (Phi) is 6.08. The minimum absolute atomic E-state index is 0.0146. The Hall–Kier alpha value is -2.54. The fourth-order valence-corrected chi connectivity index (χ4v) is 7.59. The lowest BCUT2D eigenvalue weighted by Gasteiger charge is -2.28. The van der Waals surface area contributed by atoms with Crippen LogP contribution in [0.5, 0.6) is 5.75 Å². The topological polar surface area (TPSA) is 66.9 Å². The maximum Gasteiger partial charge on any atom is 0.253 e. The molecule has 3 aliphatic rings. The second kappa shape index (κ2) is 9.01. The lowest BCUT2D eigenvalue weighted by molar-refractivity contribution is 0.0776. The largest absolute Gasteiger partial charge is 0.497 e. The second-order valence-electron chi connectivity index (χ2n) is 9.67. The highest BCUT2D eigenvalue weighted by Crippen LogP contribution is 2.44. The minimum atomic E-state index is -3.29. The molecule has 176 valence electrons. The highest BCUT2D eigenvalue weighted by molar-refractivity contribution is 7.92. The zero-order chi connectivity index (χ0) is 23.0. The van der Waals surface area contributed by atoms with Gasteiger partial charge in [0.05, 0.1) is 18.6 Å². The summed E-state index contributed by atoms with van der Waals surface area (Å²) >= 11 is 0. The lowest BCUT2D eigenvalue weighted by atomic mass is 9.87. The van der Waals surface area contributed by atoms with Crippen molar-refractivity contribution in [2.75, 3.05) is 36.8 Å². The summed E-state index contributed by atoms with van der Waals surface area (Å²) in [7, 11) is -1.60. The molecule has 2 saturated heterocycles. The van der Waals surface area contributed by atoms with E-state index in [0.717, 1.165) is 38.1 Å². The highest BCUT2D eigenvalue weighted by Gasteiger charge is 2.44. The van der Waals surface area contributed by atoms with Crippen LogP contribution in [0.2, 0.25) is 0 Å². The third-order valence-electron chi connectivity index (χ3n) is 7.65. The minimum Gasteiger partial charge on any atom is -0.497 e. The van der Waals surface area contributed by atoms with Crippen molar-refractivity contribution in [3.8, 4) is 5.75 Å². The number of sulfonamides is 1. The van der Waals surface area contributed by atoms with Crippen LogP contribution in [0.25, 0.3) is 0 Å². The number of anilines is 1. The van der Waals surface area contributed by atoms with E-state index in [4.69, 9.17) is 4.74 Å². The van der Waals surface area contributed by atoms with Gasteiger partial charge in [0.1, 0.15) is 5.75 Å². The number of benzene rings is 2. The summed E-state index contributed by atoms with van der Waals surface area (Å²) in [4.78, 5) is 15.3. The Labute approximate surface area is 196 Å². The van der Waals surface area contributed by atoms with Gasteiger partial charge in [-0.15, -0.1) is 0 Å². The van der Waals surface area contributed by atoms with Crippen molar-refractivity contribution in [2.24, 2.45) is 17.8 Å². The smallest absolute Gasteiger partial charge is 0.253 e. The van der Waals surface area contributed by atoms with Gasteiger partial charge in [0.15, 0.2) is 0 Å². The average Bonchev–Trinajstić information content (AvgIpc) is 3.40. The molecular formula is C26H32N2O4S. The Morgan fingerprint density at radius 1 is 1.06 bits per heavy atom. The molecule has 0 bridgehead atoms. The van der Waals surface area contributed by atoms with Crippen molar-refractivity contribution >= 4 is 21.6 Å². The molecule has 0 spiro atoms. The molecule has 2 aliphatic heterocycles. The molecule has 2 aromatic carbocycles. The Balaban J connectivity index is 1.28. The first-order valence-electron chi connectivity index (χ1n) is 12.0. The SMILES string of the molecule is COc1cccc(C[C@H]2CC[C@@H]3CN(C(=O)c4cccc(N5CCCCS5(=O)=O)c4)C[C@H]23)c1. The van der Waals surface area contributed by atoms with E-state index in [9.17, 15) is 13.2 Å². The molecule has 0 aromatic heterocycles. The summed E-state index contributed by atoms with van der Waals surface area (Å²) in [5, 5.41) is 0. The van der Waals surface area contributed by atoms with Crippen LogP contribution in [-0.2, 0) is 16.4 Å². The molecule has 3 atom stereocenters. The zero-order valence-corrected chi connectivity index (χ0v) is 20.0.